The van der Waals surface area contributed by atoms with Crippen molar-refractivity contribution >= 4 is 22.1 Å². The van der Waals surface area contributed by atoms with Gasteiger partial charge in [-0.15, -0.1) is 0 Å². The lowest BCUT2D eigenvalue weighted by molar-refractivity contribution is 1.50. The monoisotopic (exact) mass is 233 g/mol. The van der Waals surface area contributed by atoms with E-state index in [1.54, 1.807) is 0 Å². The van der Waals surface area contributed by atoms with Crippen molar-refractivity contribution in [1.29, 1.82) is 0 Å². The van der Waals surface area contributed by atoms with Gasteiger partial charge in [-0.3, -0.25) is 0 Å². The molecule has 3 aromatic carbocycles. The molecule has 0 unspecified atom stereocenters. The Labute approximate surface area is 107 Å². The van der Waals surface area contributed by atoms with Crippen LogP contribution in [0.15, 0.2) is 66.7 Å². The molecule has 0 aliphatic carbocycles. The normalized spacial score (nSPS) is 10.5. The molecule has 18 heavy (non-hydrogen) atoms. The van der Waals surface area contributed by atoms with Crippen molar-refractivity contribution in [3.8, 4) is 0 Å². The zero-order valence-corrected chi connectivity index (χ0v) is 10.4. The van der Waals surface area contributed by atoms with Gasteiger partial charge in [-0.1, -0.05) is 48.0 Å². The Balaban J connectivity index is 2.09. The van der Waals surface area contributed by atoms with Crippen LogP contribution < -0.4 is 5.32 Å². The molecule has 0 atom stereocenters. The lowest BCUT2D eigenvalue weighted by atomic mass is 10.1. The van der Waals surface area contributed by atoms with E-state index < -0.39 is 0 Å². The third-order valence-corrected chi connectivity index (χ3v) is 3.09. The van der Waals surface area contributed by atoms with E-state index in [0.717, 1.165) is 11.4 Å². The van der Waals surface area contributed by atoms with Gasteiger partial charge >= 0.3 is 0 Å². The van der Waals surface area contributed by atoms with Crippen molar-refractivity contribution in [3.05, 3.63) is 72.3 Å². The molecule has 1 heteroatoms. The van der Waals surface area contributed by atoms with Crippen molar-refractivity contribution in [2.75, 3.05) is 5.32 Å². The van der Waals surface area contributed by atoms with Crippen LogP contribution in [-0.2, 0) is 0 Å². The lowest BCUT2D eigenvalue weighted by Crippen LogP contribution is -1.91. The molecule has 3 rings (SSSR count). The zero-order valence-electron chi connectivity index (χ0n) is 10.4. The number of nitrogens with one attached hydrogen (secondary N) is 1. The van der Waals surface area contributed by atoms with Gasteiger partial charge in [0.2, 0.25) is 0 Å². The number of hydrogen-bond donors (Lipinski definition) is 1. The first-order chi connectivity index (χ1) is 8.83. The van der Waals surface area contributed by atoms with Gasteiger partial charge < -0.3 is 5.32 Å². The van der Waals surface area contributed by atoms with Gasteiger partial charge in [0.1, 0.15) is 0 Å². The van der Waals surface area contributed by atoms with Gasteiger partial charge in [0, 0.05) is 16.8 Å². The van der Waals surface area contributed by atoms with Crippen LogP contribution >= 0.6 is 0 Å². The SMILES string of the molecule is Cc1ccc2cccc(Nc3ccccc3)c2c1. The standard InChI is InChI=1S/C17H15N/c1-13-10-11-14-6-5-9-17(16(14)12-13)18-15-7-3-2-4-8-15/h2-12,18H,1H3. The highest BCUT2D eigenvalue weighted by Crippen LogP contribution is 2.27. The summed E-state index contributed by atoms with van der Waals surface area (Å²) in [6.07, 6.45) is 0. The molecule has 1 nitrogen and oxygen atoms in total. The largest absolute Gasteiger partial charge is 0.355 e. The van der Waals surface area contributed by atoms with E-state index in [1.807, 2.05) is 18.2 Å². The van der Waals surface area contributed by atoms with Crippen molar-refractivity contribution in [1.82, 2.24) is 0 Å². The topological polar surface area (TPSA) is 12.0 Å². The van der Waals surface area contributed by atoms with E-state index in [1.165, 1.54) is 16.3 Å². The number of aryl methyl sites for hydroxylation is 1. The second kappa shape index (κ2) is 4.53. The Bertz CT molecular complexity index is 672. The van der Waals surface area contributed by atoms with Crippen LogP contribution in [0.3, 0.4) is 0 Å². The molecule has 0 fully saturated rings. The fourth-order valence-electron chi connectivity index (χ4n) is 2.17. The van der Waals surface area contributed by atoms with Crippen LogP contribution in [0.1, 0.15) is 5.56 Å². The van der Waals surface area contributed by atoms with Gasteiger partial charge in [0.25, 0.3) is 0 Å². The molecule has 0 saturated carbocycles. The van der Waals surface area contributed by atoms with E-state index in [2.05, 4.69) is 60.8 Å². The summed E-state index contributed by atoms with van der Waals surface area (Å²) in [5.74, 6) is 0. The summed E-state index contributed by atoms with van der Waals surface area (Å²) in [5, 5.41) is 6.00. The van der Waals surface area contributed by atoms with Crippen molar-refractivity contribution in [3.63, 3.8) is 0 Å². The molecule has 0 spiro atoms. The number of anilines is 2. The number of hydrogen-bond acceptors (Lipinski definition) is 1. The van der Waals surface area contributed by atoms with Gasteiger partial charge in [-0.05, 0) is 36.6 Å². The van der Waals surface area contributed by atoms with Gasteiger partial charge in [0.05, 0.1) is 0 Å². The van der Waals surface area contributed by atoms with E-state index >= 15 is 0 Å². The maximum atomic E-state index is 3.47. The van der Waals surface area contributed by atoms with Gasteiger partial charge in [-0.25, -0.2) is 0 Å². The van der Waals surface area contributed by atoms with E-state index in [4.69, 9.17) is 0 Å². The molecule has 0 radical (unpaired) electrons. The highest BCUT2D eigenvalue weighted by atomic mass is 14.9. The predicted octanol–water partition coefficient (Wildman–Crippen LogP) is 4.89. The molecule has 0 aliphatic rings. The van der Waals surface area contributed by atoms with Crippen molar-refractivity contribution < 1.29 is 0 Å². The minimum atomic E-state index is 1.12. The Kier molecular flexibility index (Phi) is 2.73. The first-order valence-electron chi connectivity index (χ1n) is 6.14. The third kappa shape index (κ3) is 2.07. The van der Waals surface area contributed by atoms with Crippen LogP contribution in [0, 0.1) is 6.92 Å². The Hall–Kier alpha value is -2.28. The van der Waals surface area contributed by atoms with Gasteiger partial charge in [0.15, 0.2) is 0 Å². The summed E-state index contributed by atoms with van der Waals surface area (Å²) in [6.45, 7) is 2.12. The van der Waals surface area contributed by atoms with Gasteiger partial charge in [-0.2, -0.15) is 0 Å². The summed E-state index contributed by atoms with van der Waals surface area (Å²) in [4.78, 5) is 0. The Morgan fingerprint density at radius 1 is 0.778 bits per heavy atom. The molecule has 0 heterocycles. The quantitative estimate of drug-likeness (QED) is 0.664. The van der Waals surface area contributed by atoms with Crippen LogP contribution in [0.2, 0.25) is 0 Å². The average Bonchev–Trinajstić information content (AvgIpc) is 2.41. The smallest absolute Gasteiger partial charge is 0.0464 e. The summed E-state index contributed by atoms with van der Waals surface area (Å²) >= 11 is 0. The summed E-state index contributed by atoms with van der Waals surface area (Å²) in [5.41, 5.74) is 3.55. The third-order valence-electron chi connectivity index (χ3n) is 3.09. The highest BCUT2D eigenvalue weighted by molar-refractivity contribution is 5.95. The molecule has 0 amide bonds. The minimum absolute atomic E-state index is 1.12. The first-order valence-corrected chi connectivity index (χ1v) is 6.14. The van der Waals surface area contributed by atoms with Crippen LogP contribution in [-0.4, -0.2) is 0 Å². The van der Waals surface area contributed by atoms with E-state index in [9.17, 15) is 0 Å². The first kappa shape index (κ1) is 10.8. The number of benzene rings is 3. The Morgan fingerprint density at radius 2 is 1.61 bits per heavy atom. The molecule has 0 bridgehead atoms. The second-order valence-corrected chi connectivity index (χ2v) is 4.52. The molecule has 88 valence electrons. The van der Waals surface area contributed by atoms with Crippen molar-refractivity contribution in [2.24, 2.45) is 0 Å². The summed E-state index contributed by atoms with van der Waals surface area (Å²) in [6, 6.07) is 23.2. The van der Waals surface area contributed by atoms with Crippen LogP contribution in [0.4, 0.5) is 11.4 Å². The van der Waals surface area contributed by atoms with Crippen LogP contribution in [0.25, 0.3) is 10.8 Å². The molecular weight excluding hydrogens is 218 g/mol. The number of para-hydroxylation sites is 1. The fourth-order valence-corrected chi connectivity index (χ4v) is 2.17. The Morgan fingerprint density at radius 3 is 2.44 bits per heavy atom. The molecule has 3 aromatic rings. The van der Waals surface area contributed by atoms with E-state index in [0.29, 0.717) is 0 Å². The lowest BCUT2D eigenvalue weighted by Gasteiger charge is -2.10. The highest BCUT2D eigenvalue weighted by Gasteiger charge is 2.01. The second-order valence-electron chi connectivity index (χ2n) is 4.52. The van der Waals surface area contributed by atoms with E-state index in [-0.39, 0.29) is 0 Å². The number of rotatable bonds is 2. The number of fused-ring (bicyclic) bond motifs is 1. The summed E-state index contributed by atoms with van der Waals surface area (Å²) < 4.78 is 0. The molecular formula is C17H15N. The molecule has 0 aromatic heterocycles. The molecule has 1 N–H and O–H groups in total. The fraction of sp³-hybridized carbons (Fsp3) is 0.0588. The summed E-state index contributed by atoms with van der Waals surface area (Å²) in [7, 11) is 0. The maximum Gasteiger partial charge on any atom is 0.0464 e. The van der Waals surface area contributed by atoms with Crippen LogP contribution in [0.5, 0.6) is 0 Å². The maximum absolute atomic E-state index is 3.47. The predicted molar refractivity (Wildman–Crippen MR) is 78.4 cm³/mol. The van der Waals surface area contributed by atoms with Crippen molar-refractivity contribution in [2.45, 2.75) is 6.92 Å². The minimum Gasteiger partial charge on any atom is -0.355 e. The average molecular weight is 233 g/mol. The zero-order chi connectivity index (χ0) is 12.4. The molecule has 0 saturated heterocycles. The molecule has 0 aliphatic heterocycles.